The van der Waals surface area contributed by atoms with Crippen LogP contribution in [0.15, 0.2) is 42.5 Å². The lowest BCUT2D eigenvalue weighted by molar-refractivity contribution is -0.136. The maximum atomic E-state index is 12.0. The van der Waals surface area contributed by atoms with Gasteiger partial charge >= 0.3 is 11.8 Å². The van der Waals surface area contributed by atoms with Crippen molar-refractivity contribution in [3.63, 3.8) is 0 Å². The smallest absolute Gasteiger partial charge is 0.313 e. The maximum absolute atomic E-state index is 12.0. The van der Waals surface area contributed by atoms with Crippen LogP contribution in [0, 0.1) is 0 Å². The van der Waals surface area contributed by atoms with E-state index in [1.165, 1.54) is 5.56 Å². The summed E-state index contributed by atoms with van der Waals surface area (Å²) in [4.78, 5) is 26.1. The summed E-state index contributed by atoms with van der Waals surface area (Å²) < 4.78 is 10.9. The molecule has 0 aliphatic carbocycles. The molecular formula is C21H25N3O4. The molecule has 0 atom stereocenters. The Hall–Kier alpha value is -3.22. The molecule has 0 saturated carbocycles. The molecule has 0 bridgehead atoms. The van der Waals surface area contributed by atoms with Gasteiger partial charge in [0.1, 0.15) is 13.2 Å². The monoisotopic (exact) mass is 383 g/mol. The van der Waals surface area contributed by atoms with Gasteiger partial charge in [0.05, 0.1) is 0 Å². The van der Waals surface area contributed by atoms with Crippen LogP contribution in [0.3, 0.4) is 0 Å². The number of anilines is 2. The molecule has 2 aromatic rings. The van der Waals surface area contributed by atoms with Crippen LogP contribution in [-0.4, -0.2) is 45.7 Å². The molecule has 0 fully saturated rings. The minimum absolute atomic E-state index is 0.433. The van der Waals surface area contributed by atoms with Gasteiger partial charge < -0.3 is 25.0 Å². The first kappa shape index (κ1) is 19.5. The second-order valence-electron chi connectivity index (χ2n) is 6.73. The molecule has 3 rings (SSSR count). The number of nitrogens with zero attached hydrogens (tertiary/aromatic N) is 1. The quantitative estimate of drug-likeness (QED) is 0.591. The third-order valence-corrected chi connectivity index (χ3v) is 4.39. The molecule has 0 aromatic heterocycles. The number of benzene rings is 2. The van der Waals surface area contributed by atoms with Gasteiger partial charge in [0, 0.05) is 38.1 Å². The molecule has 28 heavy (non-hydrogen) atoms. The highest BCUT2D eigenvalue weighted by Gasteiger charge is 2.16. The minimum atomic E-state index is -0.702. The van der Waals surface area contributed by atoms with Crippen LogP contribution in [0.2, 0.25) is 0 Å². The number of ether oxygens (including phenoxy) is 2. The molecule has 0 spiro atoms. The van der Waals surface area contributed by atoms with Crippen LogP contribution in [-0.2, 0) is 16.0 Å². The van der Waals surface area contributed by atoms with Gasteiger partial charge in [0.25, 0.3) is 0 Å². The highest BCUT2D eigenvalue weighted by Crippen LogP contribution is 2.32. The molecule has 2 N–H and O–H groups in total. The first-order valence-electron chi connectivity index (χ1n) is 9.28. The van der Waals surface area contributed by atoms with E-state index in [9.17, 15) is 9.59 Å². The Balaban J connectivity index is 1.41. The molecular weight excluding hydrogens is 358 g/mol. The summed E-state index contributed by atoms with van der Waals surface area (Å²) in [6.07, 6.45) is 1.59. The van der Waals surface area contributed by atoms with Crippen molar-refractivity contribution in [1.82, 2.24) is 5.32 Å². The summed E-state index contributed by atoms with van der Waals surface area (Å²) in [5.41, 5.74) is 2.83. The second-order valence-corrected chi connectivity index (χ2v) is 6.73. The Kier molecular flexibility index (Phi) is 6.37. The van der Waals surface area contributed by atoms with Crippen molar-refractivity contribution in [2.24, 2.45) is 0 Å². The summed E-state index contributed by atoms with van der Waals surface area (Å²) in [7, 11) is 4.00. The van der Waals surface area contributed by atoms with Crippen LogP contribution in [0.5, 0.6) is 11.5 Å². The lowest BCUT2D eigenvalue weighted by Gasteiger charge is -2.18. The average Bonchev–Trinajstić information content (AvgIpc) is 2.71. The van der Waals surface area contributed by atoms with E-state index < -0.39 is 11.8 Å². The van der Waals surface area contributed by atoms with Crippen LogP contribution >= 0.6 is 0 Å². The predicted octanol–water partition coefficient (Wildman–Crippen LogP) is 2.21. The standard InChI is InChI=1S/C21H25N3O4/c1-24(2)17-8-5-15(6-9-17)4-3-11-22-20(25)21(26)23-16-7-10-18-19(14-16)28-13-12-27-18/h5-10,14H,3-4,11-13H2,1-2H3,(H,22,25)(H,23,26). The van der Waals surface area contributed by atoms with Gasteiger partial charge in [-0.2, -0.15) is 0 Å². The van der Waals surface area contributed by atoms with E-state index in [4.69, 9.17) is 9.47 Å². The molecule has 1 aliphatic rings. The fourth-order valence-corrected chi connectivity index (χ4v) is 2.84. The zero-order valence-corrected chi connectivity index (χ0v) is 16.2. The first-order chi connectivity index (χ1) is 13.5. The highest BCUT2D eigenvalue weighted by molar-refractivity contribution is 6.39. The Morgan fingerprint density at radius 1 is 0.964 bits per heavy atom. The maximum Gasteiger partial charge on any atom is 0.313 e. The fourth-order valence-electron chi connectivity index (χ4n) is 2.84. The van der Waals surface area contributed by atoms with Crippen LogP contribution in [0.25, 0.3) is 0 Å². The molecule has 1 heterocycles. The first-order valence-corrected chi connectivity index (χ1v) is 9.28. The average molecular weight is 383 g/mol. The summed E-state index contributed by atoms with van der Waals surface area (Å²) >= 11 is 0. The molecule has 7 nitrogen and oxygen atoms in total. The normalized spacial score (nSPS) is 12.2. The van der Waals surface area contributed by atoms with Crippen molar-refractivity contribution in [2.45, 2.75) is 12.8 Å². The van der Waals surface area contributed by atoms with Gasteiger partial charge in [-0.3, -0.25) is 9.59 Å². The SMILES string of the molecule is CN(C)c1ccc(CCCNC(=O)C(=O)Nc2ccc3c(c2)OCCO3)cc1. The van der Waals surface area contributed by atoms with Crippen LogP contribution in [0.1, 0.15) is 12.0 Å². The number of hydrogen-bond acceptors (Lipinski definition) is 5. The summed E-state index contributed by atoms with van der Waals surface area (Å²) in [6, 6.07) is 13.3. The molecule has 2 amide bonds. The lowest BCUT2D eigenvalue weighted by Crippen LogP contribution is -2.36. The third kappa shape index (κ3) is 5.16. The van der Waals surface area contributed by atoms with Gasteiger partial charge in [-0.25, -0.2) is 0 Å². The van der Waals surface area contributed by atoms with Crippen molar-refractivity contribution in [3.05, 3.63) is 48.0 Å². The number of aryl methyl sites for hydroxylation is 1. The van der Waals surface area contributed by atoms with E-state index >= 15 is 0 Å². The van der Waals surface area contributed by atoms with E-state index in [0.717, 1.165) is 18.5 Å². The molecule has 0 unspecified atom stereocenters. The van der Waals surface area contributed by atoms with Gasteiger partial charge in [0.15, 0.2) is 11.5 Å². The van der Waals surface area contributed by atoms with E-state index in [2.05, 4.69) is 34.9 Å². The van der Waals surface area contributed by atoms with Gasteiger partial charge in [-0.15, -0.1) is 0 Å². The molecule has 0 saturated heterocycles. The lowest BCUT2D eigenvalue weighted by atomic mass is 10.1. The van der Waals surface area contributed by atoms with Crippen molar-refractivity contribution >= 4 is 23.2 Å². The van der Waals surface area contributed by atoms with Crippen LogP contribution in [0.4, 0.5) is 11.4 Å². The largest absolute Gasteiger partial charge is 0.486 e. The van der Waals surface area contributed by atoms with Crippen molar-refractivity contribution in [2.75, 3.05) is 44.1 Å². The molecule has 2 aromatic carbocycles. The zero-order valence-electron chi connectivity index (χ0n) is 16.2. The van der Waals surface area contributed by atoms with E-state index in [1.807, 2.05) is 19.0 Å². The van der Waals surface area contributed by atoms with Crippen LogP contribution < -0.4 is 25.0 Å². The Morgan fingerprint density at radius 2 is 1.68 bits per heavy atom. The Bertz CT molecular complexity index is 834. The molecule has 0 radical (unpaired) electrons. The highest BCUT2D eigenvalue weighted by atomic mass is 16.6. The van der Waals surface area contributed by atoms with Gasteiger partial charge in [0.2, 0.25) is 0 Å². The predicted molar refractivity (Wildman–Crippen MR) is 108 cm³/mol. The zero-order chi connectivity index (χ0) is 19.9. The number of nitrogens with one attached hydrogen (secondary N) is 2. The molecule has 1 aliphatic heterocycles. The number of amides is 2. The minimum Gasteiger partial charge on any atom is -0.486 e. The van der Waals surface area contributed by atoms with E-state index in [-0.39, 0.29) is 0 Å². The molecule has 7 heteroatoms. The number of hydrogen-bond donors (Lipinski definition) is 2. The van der Waals surface area contributed by atoms with Gasteiger partial charge in [-0.05, 0) is 42.7 Å². The van der Waals surface area contributed by atoms with Crippen molar-refractivity contribution < 1.29 is 19.1 Å². The third-order valence-electron chi connectivity index (χ3n) is 4.39. The number of carbonyl (C=O) groups excluding carboxylic acids is 2. The number of carbonyl (C=O) groups is 2. The Labute approximate surface area is 164 Å². The van der Waals surface area contributed by atoms with E-state index in [1.54, 1.807) is 18.2 Å². The topological polar surface area (TPSA) is 79.9 Å². The van der Waals surface area contributed by atoms with E-state index in [0.29, 0.717) is 36.9 Å². The Morgan fingerprint density at radius 3 is 2.39 bits per heavy atom. The van der Waals surface area contributed by atoms with Crippen molar-refractivity contribution in [3.8, 4) is 11.5 Å². The van der Waals surface area contributed by atoms with Crippen molar-refractivity contribution in [1.29, 1.82) is 0 Å². The number of rotatable bonds is 6. The van der Waals surface area contributed by atoms with Gasteiger partial charge in [-0.1, -0.05) is 12.1 Å². The summed E-state index contributed by atoms with van der Waals surface area (Å²) in [6.45, 7) is 1.40. The fraction of sp³-hybridized carbons (Fsp3) is 0.333. The summed E-state index contributed by atoms with van der Waals surface area (Å²) in [5, 5.41) is 5.23. The number of fused-ring (bicyclic) bond motifs is 1. The second kappa shape index (κ2) is 9.12. The molecule has 148 valence electrons. The summed E-state index contributed by atoms with van der Waals surface area (Å²) in [5.74, 6) is -0.165.